The van der Waals surface area contributed by atoms with Crippen LogP contribution in [0.3, 0.4) is 0 Å². The lowest BCUT2D eigenvalue weighted by molar-refractivity contribution is -0.113. The second kappa shape index (κ2) is 7.79. The Hall–Kier alpha value is -3.81. The van der Waals surface area contributed by atoms with Crippen molar-refractivity contribution in [2.75, 3.05) is 23.8 Å². The Morgan fingerprint density at radius 2 is 1.87 bits per heavy atom. The van der Waals surface area contributed by atoms with Crippen molar-refractivity contribution in [1.82, 2.24) is 14.8 Å². The first kappa shape index (κ1) is 19.2. The Morgan fingerprint density at radius 3 is 2.68 bits per heavy atom. The van der Waals surface area contributed by atoms with Crippen molar-refractivity contribution in [2.24, 2.45) is 0 Å². The van der Waals surface area contributed by atoms with Gasteiger partial charge in [-0.15, -0.1) is 0 Å². The van der Waals surface area contributed by atoms with Gasteiger partial charge in [0.1, 0.15) is 11.9 Å². The molecule has 1 unspecified atom stereocenters. The van der Waals surface area contributed by atoms with Crippen molar-refractivity contribution in [3.63, 3.8) is 0 Å². The standard InChI is InChI=1S/C23H23N5O3/c1-14-20(22(29)26-17-7-4-3-5-8-17)21(28-23(24-14)25-15(2)27-28)16-9-10-18-19(13-16)31-12-6-11-30-18/h3-5,7-10,13,21H,6,11-12H2,1-2H3,(H,26,29)(H,24,25,27). The van der Waals surface area contributed by atoms with Crippen LogP contribution in [0.5, 0.6) is 11.5 Å². The van der Waals surface area contributed by atoms with E-state index in [1.54, 1.807) is 4.68 Å². The molecule has 0 aliphatic carbocycles. The number of aryl methyl sites for hydroxylation is 1. The molecule has 0 saturated heterocycles. The van der Waals surface area contributed by atoms with E-state index in [2.05, 4.69) is 20.7 Å². The lowest BCUT2D eigenvalue weighted by atomic mass is 9.94. The van der Waals surface area contributed by atoms with Crippen molar-refractivity contribution in [2.45, 2.75) is 26.3 Å². The molecule has 8 nitrogen and oxygen atoms in total. The van der Waals surface area contributed by atoms with E-state index >= 15 is 0 Å². The quantitative estimate of drug-likeness (QED) is 0.676. The monoisotopic (exact) mass is 417 g/mol. The van der Waals surface area contributed by atoms with E-state index in [4.69, 9.17) is 9.47 Å². The molecular weight excluding hydrogens is 394 g/mol. The summed E-state index contributed by atoms with van der Waals surface area (Å²) in [5, 5.41) is 10.8. The minimum atomic E-state index is -0.460. The van der Waals surface area contributed by atoms with Gasteiger partial charge in [0.2, 0.25) is 5.95 Å². The number of ether oxygens (including phenoxy) is 2. The number of carbonyl (C=O) groups excluding carboxylic acids is 1. The van der Waals surface area contributed by atoms with Gasteiger partial charge in [0.05, 0.1) is 18.8 Å². The lowest BCUT2D eigenvalue weighted by Crippen LogP contribution is -2.31. The molecule has 0 spiro atoms. The number of carbonyl (C=O) groups is 1. The first-order valence-corrected chi connectivity index (χ1v) is 10.3. The maximum atomic E-state index is 13.4. The second-order valence-electron chi connectivity index (χ2n) is 7.57. The van der Waals surface area contributed by atoms with Crippen LogP contribution in [0.25, 0.3) is 0 Å². The summed E-state index contributed by atoms with van der Waals surface area (Å²) >= 11 is 0. The van der Waals surface area contributed by atoms with Crippen LogP contribution in [-0.2, 0) is 4.79 Å². The number of fused-ring (bicyclic) bond motifs is 2. The number of hydrogen-bond donors (Lipinski definition) is 2. The largest absolute Gasteiger partial charge is 0.490 e. The first-order valence-electron chi connectivity index (χ1n) is 10.3. The predicted octanol–water partition coefficient (Wildman–Crippen LogP) is 3.68. The molecule has 2 aliphatic rings. The molecule has 3 heterocycles. The molecule has 3 aromatic rings. The maximum Gasteiger partial charge on any atom is 0.255 e. The fraction of sp³-hybridized carbons (Fsp3) is 0.261. The number of para-hydroxylation sites is 1. The molecular formula is C23H23N5O3. The number of aromatic nitrogens is 3. The third-order valence-corrected chi connectivity index (χ3v) is 5.32. The summed E-state index contributed by atoms with van der Waals surface area (Å²) in [5.41, 5.74) is 2.89. The molecule has 0 radical (unpaired) electrons. The van der Waals surface area contributed by atoms with Crippen LogP contribution in [0.1, 0.15) is 30.8 Å². The smallest absolute Gasteiger partial charge is 0.255 e. The number of hydrogen-bond acceptors (Lipinski definition) is 6. The number of nitrogens with zero attached hydrogens (tertiary/aromatic N) is 3. The molecule has 1 amide bonds. The van der Waals surface area contributed by atoms with Gasteiger partial charge in [-0.3, -0.25) is 4.79 Å². The number of rotatable bonds is 3. The number of nitrogens with one attached hydrogen (secondary N) is 2. The Morgan fingerprint density at radius 1 is 1.10 bits per heavy atom. The zero-order valence-electron chi connectivity index (χ0n) is 17.4. The van der Waals surface area contributed by atoms with Crippen molar-refractivity contribution in [3.05, 3.63) is 71.2 Å². The number of allylic oxidation sites excluding steroid dienone is 1. The number of benzene rings is 2. The average Bonchev–Trinajstić information content (AvgIpc) is 2.97. The zero-order chi connectivity index (χ0) is 21.4. The van der Waals surface area contributed by atoms with E-state index in [1.807, 2.05) is 62.4 Å². The molecule has 0 saturated carbocycles. The molecule has 1 aromatic heterocycles. The maximum absolute atomic E-state index is 13.4. The van der Waals surface area contributed by atoms with Crippen molar-refractivity contribution in [3.8, 4) is 11.5 Å². The summed E-state index contributed by atoms with van der Waals surface area (Å²) < 4.78 is 13.4. The molecule has 2 aromatic carbocycles. The third-order valence-electron chi connectivity index (χ3n) is 5.32. The van der Waals surface area contributed by atoms with E-state index in [0.29, 0.717) is 42.1 Å². The van der Waals surface area contributed by atoms with Crippen molar-refractivity contribution in [1.29, 1.82) is 0 Å². The Kier molecular flexibility index (Phi) is 4.82. The highest BCUT2D eigenvalue weighted by Gasteiger charge is 2.34. The fourth-order valence-corrected chi connectivity index (χ4v) is 3.93. The zero-order valence-corrected chi connectivity index (χ0v) is 17.4. The minimum Gasteiger partial charge on any atom is -0.490 e. The van der Waals surface area contributed by atoms with Gasteiger partial charge in [-0.1, -0.05) is 24.3 Å². The molecule has 0 fully saturated rings. The van der Waals surface area contributed by atoms with Crippen LogP contribution in [0.2, 0.25) is 0 Å². The highest BCUT2D eigenvalue weighted by molar-refractivity contribution is 6.06. The van der Waals surface area contributed by atoms with Crippen LogP contribution in [0.15, 0.2) is 59.8 Å². The summed E-state index contributed by atoms with van der Waals surface area (Å²) in [7, 11) is 0. The van der Waals surface area contributed by atoms with Crippen molar-refractivity contribution < 1.29 is 14.3 Å². The highest BCUT2D eigenvalue weighted by Crippen LogP contribution is 2.39. The lowest BCUT2D eigenvalue weighted by Gasteiger charge is -2.29. The van der Waals surface area contributed by atoms with Gasteiger partial charge in [-0.25, -0.2) is 4.68 Å². The van der Waals surface area contributed by atoms with Crippen molar-refractivity contribution >= 4 is 17.5 Å². The van der Waals surface area contributed by atoms with Gasteiger partial charge in [-0.2, -0.15) is 10.1 Å². The van der Waals surface area contributed by atoms with E-state index in [0.717, 1.165) is 23.4 Å². The Labute approximate surface area is 179 Å². The van der Waals surface area contributed by atoms with E-state index in [-0.39, 0.29) is 5.91 Å². The Balaban J connectivity index is 1.59. The van der Waals surface area contributed by atoms with Gasteiger partial charge >= 0.3 is 0 Å². The molecule has 8 heteroatoms. The van der Waals surface area contributed by atoms with Gasteiger partial charge in [0.25, 0.3) is 5.91 Å². The summed E-state index contributed by atoms with van der Waals surface area (Å²) in [6.45, 7) is 4.92. The average molecular weight is 417 g/mol. The van der Waals surface area contributed by atoms with Crippen LogP contribution in [0.4, 0.5) is 11.6 Å². The normalized spacial score (nSPS) is 17.4. The van der Waals surface area contributed by atoms with E-state index in [1.165, 1.54) is 0 Å². The number of amides is 1. The molecule has 31 heavy (non-hydrogen) atoms. The topological polar surface area (TPSA) is 90.3 Å². The highest BCUT2D eigenvalue weighted by atomic mass is 16.5. The molecule has 0 bridgehead atoms. The third kappa shape index (κ3) is 3.61. The predicted molar refractivity (Wildman–Crippen MR) is 116 cm³/mol. The molecule has 5 rings (SSSR count). The van der Waals surface area contributed by atoms with E-state index in [9.17, 15) is 4.79 Å². The number of anilines is 2. The van der Waals surface area contributed by atoms with Gasteiger partial charge in [0.15, 0.2) is 11.5 Å². The Bertz CT molecular complexity index is 1170. The summed E-state index contributed by atoms with van der Waals surface area (Å²) in [6.07, 6.45) is 0.827. The van der Waals surface area contributed by atoms with Crippen LogP contribution in [0, 0.1) is 6.92 Å². The van der Waals surface area contributed by atoms with Crippen LogP contribution >= 0.6 is 0 Å². The minimum absolute atomic E-state index is 0.202. The second-order valence-corrected chi connectivity index (χ2v) is 7.57. The van der Waals surface area contributed by atoms with Crippen LogP contribution in [-0.4, -0.2) is 33.9 Å². The SMILES string of the molecule is CC1=C(C(=O)Nc2ccccc2)C(c2ccc3c(c2)OCCCO3)n2nc(C)nc2N1. The summed E-state index contributed by atoms with van der Waals surface area (Å²) in [5.74, 6) is 2.41. The molecule has 2 N–H and O–H groups in total. The molecule has 158 valence electrons. The van der Waals surface area contributed by atoms with Gasteiger partial charge < -0.3 is 20.1 Å². The molecule has 1 atom stereocenters. The molecule has 2 aliphatic heterocycles. The van der Waals surface area contributed by atoms with Crippen LogP contribution < -0.4 is 20.1 Å². The van der Waals surface area contributed by atoms with Gasteiger partial charge in [0, 0.05) is 17.8 Å². The summed E-state index contributed by atoms with van der Waals surface area (Å²) in [6, 6.07) is 14.7. The fourth-order valence-electron chi connectivity index (χ4n) is 3.93. The first-order chi connectivity index (χ1) is 15.1. The van der Waals surface area contributed by atoms with Gasteiger partial charge in [-0.05, 0) is 43.7 Å². The van der Waals surface area contributed by atoms with E-state index < -0.39 is 6.04 Å². The summed E-state index contributed by atoms with van der Waals surface area (Å²) in [4.78, 5) is 17.9.